The molecule has 8 heteroatoms. The number of nitrogens with zero attached hydrogens (tertiary/aromatic N) is 3. The molecule has 0 radical (unpaired) electrons. The smallest absolute Gasteiger partial charge is 0.174 e. The number of pyridine rings is 1. The standard InChI is InChI=1S/C33H29FN4O2S/c1-21-19-29(22(2)37(21)25-8-6-7-23(34)20-25)32-31(30-9-4-5-18-35-30)36-33(41)38(32)24-10-12-27(13-11-24)40-28-16-14-26(39-3)15-17-28/h4-20,31-32H,1-3H3,(H,36,41)/t31-,32+/m1/s1. The van der Waals surface area contributed by atoms with Crippen molar-refractivity contribution in [3.8, 4) is 22.9 Å². The van der Waals surface area contributed by atoms with Crippen molar-refractivity contribution in [2.75, 3.05) is 12.0 Å². The van der Waals surface area contributed by atoms with E-state index >= 15 is 0 Å². The van der Waals surface area contributed by atoms with Gasteiger partial charge in [-0.15, -0.1) is 0 Å². The molecule has 3 heterocycles. The fourth-order valence-corrected chi connectivity index (χ4v) is 5.85. The molecule has 0 amide bonds. The van der Waals surface area contributed by atoms with E-state index in [1.54, 1.807) is 25.4 Å². The second-order valence-corrected chi connectivity index (χ2v) is 10.3. The van der Waals surface area contributed by atoms with Crippen molar-refractivity contribution in [2.45, 2.75) is 25.9 Å². The third-order valence-electron chi connectivity index (χ3n) is 7.36. The lowest BCUT2D eigenvalue weighted by molar-refractivity contribution is 0.413. The van der Waals surface area contributed by atoms with Crippen LogP contribution in [0.25, 0.3) is 5.69 Å². The molecule has 41 heavy (non-hydrogen) atoms. The summed E-state index contributed by atoms with van der Waals surface area (Å²) in [5.74, 6) is 1.92. The maximum absolute atomic E-state index is 14.2. The van der Waals surface area contributed by atoms with Crippen molar-refractivity contribution >= 4 is 23.0 Å². The number of ether oxygens (including phenoxy) is 2. The zero-order valence-electron chi connectivity index (χ0n) is 22.9. The molecule has 0 aliphatic carbocycles. The Morgan fingerprint density at radius 3 is 2.20 bits per heavy atom. The molecule has 1 aliphatic heterocycles. The predicted molar refractivity (Wildman–Crippen MR) is 163 cm³/mol. The van der Waals surface area contributed by atoms with Crippen LogP contribution in [0.15, 0.2) is 103 Å². The second-order valence-electron chi connectivity index (χ2n) is 9.91. The molecule has 2 atom stereocenters. The van der Waals surface area contributed by atoms with Gasteiger partial charge in [-0.25, -0.2) is 4.39 Å². The van der Waals surface area contributed by atoms with Crippen LogP contribution in [0.4, 0.5) is 10.1 Å². The van der Waals surface area contributed by atoms with Crippen LogP contribution in [0.1, 0.15) is 34.7 Å². The molecular weight excluding hydrogens is 535 g/mol. The number of halogens is 1. The van der Waals surface area contributed by atoms with Crippen LogP contribution in [0.3, 0.4) is 0 Å². The van der Waals surface area contributed by atoms with E-state index in [0.717, 1.165) is 45.5 Å². The summed E-state index contributed by atoms with van der Waals surface area (Å²) in [6.45, 7) is 4.10. The molecule has 3 aromatic carbocycles. The lowest BCUT2D eigenvalue weighted by Gasteiger charge is -2.28. The lowest BCUT2D eigenvalue weighted by Crippen LogP contribution is -2.29. The van der Waals surface area contributed by atoms with E-state index in [1.165, 1.54) is 6.07 Å². The number of anilines is 1. The van der Waals surface area contributed by atoms with Gasteiger partial charge in [0.05, 0.1) is 24.9 Å². The largest absolute Gasteiger partial charge is 0.497 e. The van der Waals surface area contributed by atoms with E-state index in [0.29, 0.717) is 10.9 Å². The number of hydrogen-bond acceptors (Lipinski definition) is 4. The van der Waals surface area contributed by atoms with Gasteiger partial charge >= 0.3 is 0 Å². The third kappa shape index (κ3) is 5.14. The monoisotopic (exact) mass is 564 g/mol. The first-order valence-electron chi connectivity index (χ1n) is 13.3. The first-order valence-corrected chi connectivity index (χ1v) is 13.7. The Labute approximate surface area is 244 Å². The molecule has 1 N–H and O–H groups in total. The molecule has 0 spiro atoms. The topological polar surface area (TPSA) is 51.6 Å². The van der Waals surface area contributed by atoms with Crippen LogP contribution in [0.5, 0.6) is 17.2 Å². The number of thiocarbonyl (C=S) groups is 1. The van der Waals surface area contributed by atoms with Gasteiger partial charge in [-0.05, 0) is 117 Å². The van der Waals surface area contributed by atoms with Crippen molar-refractivity contribution < 1.29 is 13.9 Å². The number of benzene rings is 3. The molecule has 1 aliphatic rings. The Bertz CT molecular complexity index is 1690. The molecule has 206 valence electrons. The summed E-state index contributed by atoms with van der Waals surface area (Å²) >= 11 is 5.92. The minimum Gasteiger partial charge on any atom is -0.497 e. The Morgan fingerprint density at radius 2 is 1.54 bits per heavy atom. The number of aryl methyl sites for hydroxylation is 1. The summed E-state index contributed by atoms with van der Waals surface area (Å²) in [6.07, 6.45) is 1.79. The molecule has 5 aromatic rings. The van der Waals surface area contributed by atoms with E-state index in [9.17, 15) is 4.39 Å². The summed E-state index contributed by atoms with van der Waals surface area (Å²) in [5, 5.41) is 4.12. The van der Waals surface area contributed by atoms with Crippen molar-refractivity contribution in [1.82, 2.24) is 14.9 Å². The highest BCUT2D eigenvalue weighted by molar-refractivity contribution is 7.80. The molecule has 2 aromatic heterocycles. The number of nitrogens with one attached hydrogen (secondary N) is 1. The van der Waals surface area contributed by atoms with Gasteiger partial charge in [0, 0.05) is 29.0 Å². The molecule has 0 unspecified atom stereocenters. The Balaban J connectivity index is 1.39. The van der Waals surface area contributed by atoms with Crippen LogP contribution >= 0.6 is 12.2 Å². The fraction of sp³-hybridized carbons (Fsp3) is 0.152. The normalized spacial score (nSPS) is 16.5. The van der Waals surface area contributed by atoms with Crippen LogP contribution in [-0.2, 0) is 0 Å². The van der Waals surface area contributed by atoms with E-state index in [-0.39, 0.29) is 17.9 Å². The maximum atomic E-state index is 14.2. The van der Waals surface area contributed by atoms with Gasteiger partial charge in [-0.3, -0.25) is 4.98 Å². The SMILES string of the molecule is COc1ccc(Oc2ccc(N3C(=S)N[C@H](c4ccccn4)[C@@H]3c3cc(C)n(-c4cccc(F)c4)c3C)cc2)cc1. The van der Waals surface area contributed by atoms with E-state index < -0.39 is 0 Å². The van der Waals surface area contributed by atoms with Gasteiger partial charge in [0.1, 0.15) is 23.1 Å². The first kappa shape index (κ1) is 26.5. The zero-order chi connectivity index (χ0) is 28.5. The molecule has 6 rings (SSSR count). The van der Waals surface area contributed by atoms with Gasteiger partial charge in [-0.1, -0.05) is 12.1 Å². The summed E-state index contributed by atoms with van der Waals surface area (Å²) < 4.78 is 27.5. The van der Waals surface area contributed by atoms with Gasteiger partial charge in [0.25, 0.3) is 0 Å². The Kier molecular flexibility index (Phi) is 7.15. The highest BCUT2D eigenvalue weighted by Gasteiger charge is 2.42. The van der Waals surface area contributed by atoms with E-state index in [2.05, 4.69) is 32.8 Å². The van der Waals surface area contributed by atoms with Gasteiger partial charge in [0.2, 0.25) is 0 Å². The summed E-state index contributed by atoms with van der Waals surface area (Å²) in [7, 11) is 1.64. The minimum absolute atomic E-state index is 0.194. The van der Waals surface area contributed by atoms with Crippen molar-refractivity contribution in [2.24, 2.45) is 0 Å². The molecule has 1 saturated heterocycles. The number of rotatable bonds is 7. The first-order chi connectivity index (χ1) is 19.9. The highest BCUT2D eigenvalue weighted by atomic mass is 32.1. The minimum atomic E-state index is -0.273. The van der Waals surface area contributed by atoms with Crippen LogP contribution in [0, 0.1) is 19.7 Å². The van der Waals surface area contributed by atoms with E-state index in [4.69, 9.17) is 21.7 Å². The average molecular weight is 565 g/mol. The number of aromatic nitrogens is 2. The maximum Gasteiger partial charge on any atom is 0.174 e. The molecule has 0 bridgehead atoms. The average Bonchev–Trinajstić information content (AvgIpc) is 3.49. The van der Waals surface area contributed by atoms with Crippen molar-refractivity contribution in [3.63, 3.8) is 0 Å². The lowest BCUT2D eigenvalue weighted by atomic mass is 9.96. The molecule has 0 saturated carbocycles. The fourth-order valence-electron chi connectivity index (χ4n) is 5.50. The Morgan fingerprint density at radius 1 is 0.829 bits per heavy atom. The molecule has 6 nitrogen and oxygen atoms in total. The summed E-state index contributed by atoms with van der Waals surface area (Å²) in [4.78, 5) is 6.80. The van der Waals surface area contributed by atoms with Crippen LogP contribution in [-0.4, -0.2) is 21.8 Å². The molecule has 1 fully saturated rings. The summed E-state index contributed by atoms with van der Waals surface area (Å²) in [6, 6.07) is 29.7. The third-order valence-corrected chi connectivity index (χ3v) is 7.68. The summed E-state index contributed by atoms with van der Waals surface area (Å²) in [5.41, 5.74) is 5.67. The van der Waals surface area contributed by atoms with Crippen molar-refractivity contribution in [1.29, 1.82) is 0 Å². The van der Waals surface area contributed by atoms with Crippen molar-refractivity contribution in [3.05, 3.63) is 132 Å². The second kappa shape index (κ2) is 11.1. The molecular formula is C33H29FN4O2S. The van der Waals surface area contributed by atoms with E-state index in [1.807, 2.05) is 79.7 Å². The highest BCUT2D eigenvalue weighted by Crippen LogP contribution is 2.44. The van der Waals surface area contributed by atoms with Gasteiger partial charge in [-0.2, -0.15) is 0 Å². The van der Waals surface area contributed by atoms with Crippen LogP contribution < -0.4 is 19.7 Å². The quantitative estimate of drug-likeness (QED) is 0.205. The number of methoxy groups -OCH3 is 1. The van der Waals surface area contributed by atoms with Crippen LogP contribution in [0.2, 0.25) is 0 Å². The zero-order valence-corrected chi connectivity index (χ0v) is 23.7. The number of hydrogen-bond donors (Lipinski definition) is 1. The van der Waals surface area contributed by atoms with Gasteiger partial charge in [0.15, 0.2) is 5.11 Å². The Hall–Kier alpha value is -4.69. The predicted octanol–water partition coefficient (Wildman–Crippen LogP) is 7.61. The van der Waals surface area contributed by atoms with Gasteiger partial charge < -0.3 is 24.3 Å².